The number of halogens is 1. The minimum absolute atomic E-state index is 0.0393. The van der Waals surface area contributed by atoms with Crippen LogP contribution < -0.4 is 11.1 Å². The first-order chi connectivity index (χ1) is 14.0. The van der Waals surface area contributed by atoms with Crippen molar-refractivity contribution in [2.45, 2.75) is 30.6 Å². The number of nitrogens with one attached hydrogen (secondary N) is 2. The van der Waals surface area contributed by atoms with Gasteiger partial charge in [0.25, 0.3) is 0 Å². The molecule has 6 N–H and O–H groups in total. The molecule has 2 aliphatic rings. The maximum Gasteiger partial charge on any atom is 0.141 e. The van der Waals surface area contributed by atoms with Gasteiger partial charge in [-0.1, -0.05) is 0 Å². The summed E-state index contributed by atoms with van der Waals surface area (Å²) in [6, 6.07) is 11.7. The van der Waals surface area contributed by atoms with Crippen molar-refractivity contribution >= 4 is 22.3 Å². The van der Waals surface area contributed by atoms with Crippen LogP contribution in [-0.4, -0.2) is 33.4 Å². The second-order valence-electron chi connectivity index (χ2n) is 8.05. The molecule has 2 bridgehead atoms. The molecule has 148 valence electrons. The molecule has 3 aromatic rings. The van der Waals surface area contributed by atoms with Gasteiger partial charge in [-0.05, 0) is 54.3 Å². The number of aliphatic hydroxyl groups excluding tert-OH is 2. The highest BCUT2D eigenvalue weighted by Gasteiger charge is 2.58. The summed E-state index contributed by atoms with van der Waals surface area (Å²) >= 11 is 0. The number of fused-ring (bicyclic) bond motifs is 3. The number of nitriles is 1. The molecule has 2 saturated carbocycles. The minimum atomic E-state index is -0.837. The number of anilines is 2. The van der Waals surface area contributed by atoms with E-state index in [1.54, 1.807) is 6.07 Å². The zero-order chi connectivity index (χ0) is 20.3. The summed E-state index contributed by atoms with van der Waals surface area (Å²) in [6.45, 7) is 0. The van der Waals surface area contributed by atoms with E-state index in [0.29, 0.717) is 17.8 Å². The molecule has 2 fully saturated rings. The zero-order valence-electron chi connectivity index (χ0n) is 15.5. The van der Waals surface area contributed by atoms with Crippen molar-refractivity contribution in [3.63, 3.8) is 0 Å². The lowest BCUT2D eigenvalue weighted by molar-refractivity contribution is -0.0262. The van der Waals surface area contributed by atoms with Crippen LogP contribution in [0.15, 0.2) is 42.6 Å². The molecule has 3 unspecified atom stereocenters. The lowest BCUT2D eigenvalue weighted by atomic mass is 9.75. The van der Waals surface area contributed by atoms with Gasteiger partial charge in [-0.3, -0.25) is 0 Å². The topological polar surface area (TPSA) is 118 Å². The zero-order valence-corrected chi connectivity index (χ0v) is 15.5. The van der Waals surface area contributed by atoms with Gasteiger partial charge in [-0.25, -0.2) is 4.39 Å². The minimum Gasteiger partial charge on any atom is -0.398 e. The number of aromatic nitrogens is 1. The maximum atomic E-state index is 13.7. The number of nitrogens with two attached hydrogens (primary N) is 1. The number of hydrogen-bond donors (Lipinski definition) is 5. The largest absolute Gasteiger partial charge is 0.398 e. The average molecular weight is 392 g/mol. The third-order valence-electron chi connectivity index (χ3n) is 6.64. The molecule has 2 aromatic carbocycles. The molecule has 1 aromatic heterocycles. The van der Waals surface area contributed by atoms with E-state index >= 15 is 0 Å². The van der Waals surface area contributed by atoms with E-state index in [0.717, 1.165) is 16.5 Å². The molecule has 0 saturated heterocycles. The fraction of sp³-hybridized carbons (Fsp3) is 0.318. The molecule has 1 heterocycles. The lowest BCUT2D eigenvalue weighted by Crippen LogP contribution is -2.47. The van der Waals surface area contributed by atoms with E-state index in [1.165, 1.54) is 12.1 Å². The van der Waals surface area contributed by atoms with Crippen LogP contribution in [-0.2, 0) is 0 Å². The number of aliphatic hydroxyl groups is 2. The van der Waals surface area contributed by atoms with Gasteiger partial charge in [-0.15, -0.1) is 0 Å². The van der Waals surface area contributed by atoms with Crippen LogP contribution in [0.25, 0.3) is 10.9 Å². The quantitative estimate of drug-likeness (QED) is 0.439. The summed E-state index contributed by atoms with van der Waals surface area (Å²) in [4.78, 5) is 3.19. The molecule has 7 heteroatoms. The van der Waals surface area contributed by atoms with Crippen LogP contribution in [0.1, 0.15) is 23.5 Å². The maximum absolute atomic E-state index is 13.7. The average Bonchev–Trinajstić information content (AvgIpc) is 3.39. The van der Waals surface area contributed by atoms with Gasteiger partial charge >= 0.3 is 0 Å². The summed E-state index contributed by atoms with van der Waals surface area (Å²) in [5.41, 5.74) is 9.49. The fourth-order valence-electron chi connectivity index (χ4n) is 5.38. The summed E-state index contributed by atoms with van der Waals surface area (Å²) in [7, 11) is 0. The predicted molar refractivity (Wildman–Crippen MR) is 108 cm³/mol. The Balaban J connectivity index is 1.60. The molecule has 0 aliphatic heterocycles. The molecule has 2 aliphatic carbocycles. The molecule has 0 spiro atoms. The van der Waals surface area contributed by atoms with Gasteiger partial charge in [0.15, 0.2) is 0 Å². The van der Waals surface area contributed by atoms with Crippen LogP contribution in [0, 0.1) is 29.0 Å². The van der Waals surface area contributed by atoms with Gasteiger partial charge in [0.2, 0.25) is 0 Å². The van der Waals surface area contributed by atoms with Crippen LogP contribution in [0.4, 0.5) is 15.8 Å². The van der Waals surface area contributed by atoms with Crippen LogP contribution in [0.3, 0.4) is 0 Å². The second kappa shape index (κ2) is 6.48. The molecule has 0 amide bonds. The Morgan fingerprint density at radius 3 is 2.72 bits per heavy atom. The second-order valence-corrected chi connectivity index (χ2v) is 8.05. The number of rotatable bonds is 3. The van der Waals surface area contributed by atoms with E-state index in [1.807, 2.05) is 30.5 Å². The molecular formula is C22H21FN4O2. The molecule has 29 heavy (non-hydrogen) atoms. The Morgan fingerprint density at radius 1 is 1.14 bits per heavy atom. The Hall–Kier alpha value is -3.08. The highest BCUT2D eigenvalue weighted by molar-refractivity contribution is 5.88. The number of hydrogen-bond acceptors (Lipinski definition) is 5. The van der Waals surface area contributed by atoms with Gasteiger partial charge in [-0.2, -0.15) is 5.26 Å². The normalized spacial score (nSPS) is 30.6. The summed E-state index contributed by atoms with van der Waals surface area (Å²) in [6.07, 6.45) is 0.862. The van der Waals surface area contributed by atoms with E-state index < -0.39 is 18.0 Å². The molecular weight excluding hydrogens is 371 g/mol. The van der Waals surface area contributed by atoms with E-state index in [4.69, 9.17) is 11.0 Å². The lowest BCUT2D eigenvalue weighted by Gasteiger charge is -2.38. The van der Waals surface area contributed by atoms with E-state index in [-0.39, 0.29) is 29.4 Å². The third kappa shape index (κ3) is 2.60. The molecule has 0 radical (unpaired) electrons. The van der Waals surface area contributed by atoms with E-state index in [9.17, 15) is 14.6 Å². The Kier molecular flexibility index (Phi) is 4.02. The molecule has 6 atom stereocenters. The Labute approximate surface area is 166 Å². The Bertz CT molecular complexity index is 1140. The van der Waals surface area contributed by atoms with Crippen molar-refractivity contribution in [1.29, 1.82) is 5.26 Å². The monoisotopic (exact) mass is 392 g/mol. The van der Waals surface area contributed by atoms with Gasteiger partial charge in [0.05, 0.1) is 17.8 Å². The van der Waals surface area contributed by atoms with Crippen molar-refractivity contribution in [2.24, 2.45) is 11.8 Å². The summed E-state index contributed by atoms with van der Waals surface area (Å²) < 4.78 is 13.7. The van der Waals surface area contributed by atoms with E-state index in [2.05, 4.69) is 10.3 Å². The van der Waals surface area contributed by atoms with Crippen LogP contribution in [0.5, 0.6) is 0 Å². The predicted octanol–water partition coefficient (Wildman–Crippen LogP) is 2.70. The highest BCUT2D eigenvalue weighted by Crippen LogP contribution is 2.56. The van der Waals surface area contributed by atoms with Crippen molar-refractivity contribution in [3.05, 3.63) is 59.5 Å². The van der Waals surface area contributed by atoms with Gasteiger partial charge < -0.3 is 26.2 Å². The number of aromatic amines is 1. The number of nitrogen functional groups attached to an aromatic ring is 1. The number of H-pyrrole nitrogens is 1. The molecule has 6 nitrogen and oxygen atoms in total. The first-order valence-electron chi connectivity index (χ1n) is 9.67. The standard InChI is InChI=1S/C22H21FN4O2/c23-15-2-1-11(7-10(15)9-24)27-20-14-8-13(21(28)22(14)29)19(20)18-12-5-6-26-17(12)4-3-16(18)25/h1-7,13-14,19-22,26-29H,8,25H2/t13?,14?,19-,20-,21?,22+/m1/s1. The first kappa shape index (κ1) is 18.0. The number of benzene rings is 2. The van der Waals surface area contributed by atoms with Crippen molar-refractivity contribution in [2.75, 3.05) is 11.1 Å². The van der Waals surface area contributed by atoms with Crippen molar-refractivity contribution in [3.8, 4) is 6.07 Å². The fourth-order valence-corrected chi connectivity index (χ4v) is 5.38. The van der Waals surface area contributed by atoms with Crippen LogP contribution >= 0.6 is 0 Å². The van der Waals surface area contributed by atoms with Crippen molar-refractivity contribution < 1.29 is 14.6 Å². The third-order valence-corrected chi connectivity index (χ3v) is 6.64. The van der Waals surface area contributed by atoms with Crippen LogP contribution in [0.2, 0.25) is 0 Å². The summed E-state index contributed by atoms with van der Waals surface area (Å²) in [5.74, 6) is -1.02. The highest BCUT2D eigenvalue weighted by atomic mass is 19.1. The SMILES string of the molecule is N#Cc1cc(N[C@@H]2C3CC(C(O)[C@H]3O)[C@@H]2c2c(N)ccc3[nH]ccc23)ccc1F. The molecule has 5 rings (SSSR count). The summed E-state index contributed by atoms with van der Waals surface area (Å²) in [5, 5.41) is 34.7. The number of nitrogens with zero attached hydrogens (tertiary/aromatic N) is 1. The van der Waals surface area contributed by atoms with Gasteiger partial charge in [0.1, 0.15) is 11.9 Å². The van der Waals surface area contributed by atoms with Crippen molar-refractivity contribution in [1.82, 2.24) is 4.98 Å². The van der Waals surface area contributed by atoms with Gasteiger partial charge in [0, 0.05) is 46.4 Å². The first-order valence-corrected chi connectivity index (χ1v) is 9.67. The Morgan fingerprint density at radius 2 is 1.93 bits per heavy atom. The smallest absolute Gasteiger partial charge is 0.141 e.